The number of hydrogen-bond donors (Lipinski definition) is 0. The van der Waals surface area contributed by atoms with Gasteiger partial charge in [-0.3, -0.25) is 9.59 Å². The van der Waals surface area contributed by atoms with Crippen molar-refractivity contribution >= 4 is 30.2 Å². The lowest BCUT2D eigenvalue weighted by Gasteiger charge is -2.62. The lowest BCUT2D eigenvalue weighted by atomic mass is 9.43. The highest BCUT2D eigenvalue weighted by Gasteiger charge is 2.68. The van der Waals surface area contributed by atoms with Crippen LogP contribution in [-0.2, 0) is 23.8 Å². The highest BCUT2D eigenvalue weighted by Crippen LogP contribution is 2.68. The fraction of sp³-hybridized carbons (Fsp3) is 0.659. The molecular weight excluding hydrogens is 601 g/mol. The number of ether oxygens (including phenoxy) is 3. The van der Waals surface area contributed by atoms with E-state index in [2.05, 4.69) is 116 Å². The molecule has 8 atom stereocenters. The van der Waals surface area contributed by atoms with Gasteiger partial charge in [-0.15, -0.1) is 0 Å². The summed E-state index contributed by atoms with van der Waals surface area (Å²) in [4.78, 5) is 28.5. The van der Waals surface area contributed by atoms with Crippen molar-refractivity contribution < 1.29 is 23.8 Å². The van der Waals surface area contributed by atoms with E-state index >= 15 is 0 Å². The molecule has 5 rings (SSSR count). The molecule has 3 saturated carbocycles. The van der Waals surface area contributed by atoms with Gasteiger partial charge in [-0.1, -0.05) is 126 Å². The average molecular weight is 661 g/mol. The summed E-state index contributed by atoms with van der Waals surface area (Å²) in [7, 11) is -0.772. The molecular formula is C41H60O5Si. The minimum Gasteiger partial charge on any atom is -0.462 e. The number of carbonyl (C=O) groups excluding carboxylic acids is 2. The number of benzene rings is 2. The first-order valence-electron chi connectivity index (χ1n) is 18.1. The van der Waals surface area contributed by atoms with E-state index in [-0.39, 0.29) is 58.6 Å². The quantitative estimate of drug-likeness (QED) is 0.146. The summed E-state index contributed by atoms with van der Waals surface area (Å²) in [6, 6.07) is 22.5. The van der Waals surface area contributed by atoms with Crippen LogP contribution in [0.15, 0.2) is 60.7 Å². The van der Waals surface area contributed by atoms with Crippen molar-refractivity contribution in [1.29, 1.82) is 0 Å². The lowest BCUT2D eigenvalue weighted by molar-refractivity contribution is -0.230. The first-order chi connectivity index (χ1) is 22.2. The van der Waals surface area contributed by atoms with E-state index in [4.69, 9.17) is 14.2 Å². The normalized spacial score (nSPS) is 34.3. The molecule has 2 bridgehead atoms. The smallest absolute Gasteiger partial charge is 0.305 e. The van der Waals surface area contributed by atoms with Crippen molar-refractivity contribution in [3.63, 3.8) is 0 Å². The summed E-state index contributed by atoms with van der Waals surface area (Å²) < 4.78 is 18.9. The van der Waals surface area contributed by atoms with Crippen LogP contribution in [0.5, 0.6) is 0 Å². The molecule has 3 aliphatic rings. The van der Waals surface area contributed by atoms with Crippen LogP contribution in [0.4, 0.5) is 0 Å². The van der Waals surface area contributed by atoms with Gasteiger partial charge >= 0.3 is 5.97 Å². The summed E-state index contributed by atoms with van der Waals surface area (Å²) in [5.74, 6) is 0.530. The van der Waals surface area contributed by atoms with Gasteiger partial charge in [-0.05, 0) is 65.9 Å². The Morgan fingerprint density at radius 3 is 2.09 bits per heavy atom. The predicted molar refractivity (Wildman–Crippen MR) is 193 cm³/mol. The van der Waals surface area contributed by atoms with Gasteiger partial charge in [-0.25, -0.2) is 0 Å². The summed E-state index contributed by atoms with van der Waals surface area (Å²) in [6.45, 7) is 18.7. The van der Waals surface area contributed by atoms with Gasteiger partial charge in [0.05, 0.1) is 6.10 Å². The minimum atomic E-state index is -2.45. The zero-order valence-corrected chi connectivity index (χ0v) is 31.6. The van der Waals surface area contributed by atoms with Crippen molar-refractivity contribution in [2.45, 2.75) is 124 Å². The average Bonchev–Trinajstić information content (AvgIpc) is 3.41. The molecule has 0 radical (unpaired) electrons. The maximum Gasteiger partial charge on any atom is 0.305 e. The summed E-state index contributed by atoms with van der Waals surface area (Å²) in [5.41, 5.74) is -0.841. The van der Waals surface area contributed by atoms with Crippen molar-refractivity contribution in [1.82, 2.24) is 0 Å². The Morgan fingerprint density at radius 2 is 1.55 bits per heavy atom. The molecule has 0 heterocycles. The Bertz CT molecular complexity index is 1350. The van der Waals surface area contributed by atoms with Crippen LogP contribution in [-0.4, -0.2) is 45.9 Å². The maximum atomic E-state index is 14.4. The molecule has 0 amide bonds. The molecule has 3 fully saturated rings. The highest BCUT2D eigenvalue weighted by atomic mass is 28.3. The summed E-state index contributed by atoms with van der Waals surface area (Å²) >= 11 is 0. The Balaban J connectivity index is 1.54. The predicted octanol–water partition coefficient (Wildman–Crippen LogP) is 8.20. The van der Waals surface area contributed by atoms with Crippen LogP contribution in [0.25, 0.3) is 0 Å². The van der Waals surface area contributed by atoms with Gasteiger partial charge in [0, 0.05) is 31.3 Å². The molecule has 0 aliphatic heterocycles. The first-order valence-corrected chi connectivity index (χ1v) is 20.4. The van der Waals surface area contributed by atoms with Gasteiger partial charge in [-0.2, -0.15) is 0 Å². The Hall–Kier alpha value is -2.28. The SMILES string of the molecule is CC[C@]1(C)C[C@@H](OC(=O)CC[Si](c2ccccc2)(c2ccccc2)C(C)(C)C)[C@@]2(C)C3C(=O)CC[C@@]3(CC[C@H]2C)[C@H](C)[C@@H]1OCOC. The largest absolute Gasteiger partial charge is 0.462 e. The van der Waals surface area contributed by atoms with Crippen LogP contribution in [0.1, 0.15) is 100 Å². The van der Waals surface area contributed by atoms with Crippen molar-refractivity contribution in [2.75, 3.05) is 13.9 Å². The van der Waals surface area contributed by atoms with E-state index < -0.39 is 13.5 Å². The molecule has 2 aromatic carbocycles. The molecule has 0 spiro atoms. The van der Waals surface area contributed by atoms with E-state index in [1.165, 1.54) is 10.4 Å². The first kappa shape index (κ1) is 36.0. The van der Waals surface area contributed by atoms with Crippen molar-refractivity contribution in [2.24, 2.45) is 34.0 Å². The second-order valence-corrected chi connectivity index (χ2v) is 21.8. The molecule has 0 saturated heterocycles. The summed E-state index contributed by atoms with van der Waals surface area (Å²) in [6.07, 6.45) is 4.98. The van der Waals surface area contributed by atoms with Gasteiger partial charge in [0.2, 0.25) is 0 Å². The molecule has 5 nitrogen and oxygen atoms in total. The third kappa shape index (κ3) is 5.99. The fourth-order valence-corrected chi connectivity index (χ4v) is 16.3. The number of carbonyl (C=O) groups is 2. The van der Waals surface area contributed by atoms with Gasteiger partial charge < -0.3 is 14.2 Å². The van der Waals surface area contributed by atoms with Crippen LogP contribution in [0.2, 0.25) is 11.1 Å². The fourth-order valence-electron chi connectivity index (χ4n) is 10.8. The van der Waals surface area contributed by atoms with E-state index in [0.29, 0.717) is 25.0 Å². The number of ketones is 1. The molecule has 258 valence electrons. The zero-order chi connectivity index (χ0) is 34.3. The highest BCUT2D eigenvalue weighted by molar-refractivity contribution is 7.04. The van der Waals surface area contributed by atoms with Gasteiger partial charge in [0.1, 0.15) is 26.8 Å². The van der Waals surface area contributed by atoms with E-state index in [0.717, 1.165) is 31.7 Å². The molecule has 0 N–H and O–H groups in total. The topological polar surface area (TPSA) is 61.8 Å². The third-order valence-electron chi connectivity index (χ3n) is 13.8. The lowest BCUT2D eigenvalue weighted by Crippen LogP contribution is -2.64. The number of rotatable bonds is 10. The number of esters is 1. The van der Waals surface area contributed by atoms with Crippen molar-refractivity contribution in [3.8, 4) is 0 Å². The molecule has 0 aromatic heterocycles. The van der Waals surface area contributed by atoms with Crippen LogP contribution in [0, 0.1) is 34.0 Å². The minimum absolute atomic E-state index is 0.0429. The summed E-state index contributed by atoms with van der Waals surface area (Å²) in [5, 5.41) is 2.65. The molecule has 1 unspecified atom stereocenters. The van der Waals surface area contributed by atoms with Crippen LogP contribution in [0.3, 0.4) is 0 Å². The molecule has 2 aromatic rings. The second-order valence-electron chi connectivity index (χ2n) is 16.8. The maximum absolute atomic E-state index is 14.4. The number of methoxy groups -OCH3 is 1. The Morgan fingerprint density at radius 1 is 0.957 bits per heavy atom. The van der Waals surface area contributed by atoms with Gasteiger partial charge in [0.25, 0.3) is 0 Å². The van der Waals surface area contributed by atoms with Crippen LogP contribution < -0.4 is 10.4 Å². The zero-order valence-electron chi connectivity index (χ0n) is 30.6. The third-order valence-corrected chi connectivity index (χ3v) is 20.0. The van der Waals surface area contributed by atoms with Crippen molar-refractivity contribution in [3.05, 3.63) is 60.7 Å². The molecule has 6 heteroatoms. The molecule has 3 aliphatic carbocycles. The van der Waals surface area contributed by atoms with Gasteiger partial charge in [0.15, 0.2) is 0 Å². The molecule has 47 heavy (non-hydrogen) atoms. The number of Topliss-reactive ketones (excluding diaryl/α,β-unsaturated/α-hetero) is 1. The monoisotopic (exact) mass is 660 g/mol. The standard InChI is InChI=1S/C41H60O5Si/c1-10-39(7)27-34(40(8)29(2)21-24-41(25-22-33(42)36(40)41)30(3)37(39)45-28-44-9)46-35(43)23-26-47(38(4,5)6,31-17-13-11-14-18-31)32-19-15-12-16-20-32/h11-20,29-30,34,36-37H,10,21-28H2,1-9H3/t29-,30-,34-,36?,37+,39-,40+,41+/m1/s1. The second kappa shape index (κ2) is 13.6. The van der Waals surface area contributed by atoms with E-state index in [1.807, 2.05) is 0 Å². The van der Waals surface area contributed by atoms with E-state index in [1.54, 1.807) is 7.11 Å². The number of hydrogen-bond acceptors (Lipinski definition) is 5. The van der Waals surface area contributed by atoms with E-state index in [9.17, 15) is 9.59 Å². The van der Waals surface area contributed by atoms with Crippen LogP contribution >= 0.6 is 0 Å². The Labute approximate surface area is 285 Å². The Kier molecular flexibility index (Phi) is 10.4.